The Labute approximate surface area is 164 Å². The van der Waals surface area contributed by atoms with Gasteiger partial charge in [-0.3, -0.25) is 0 Å². The van der Waals surface area contributed by atoms with Crippen LogP contribution in [0, 0.1) is 0 Å². The Morgan fingerprint density at radius 1 is 1.68 bits per heavy atom. The minimum atomic E-state index is -1.81. The summed E-state index contributed by atoms with van der Waals surface area (Å²) in [7, 11) is 0. The van der Waals surface area contributed by atoms with E-state index < -0.39 is 17.6 Å². The van der Waals surface area contributed by atoms with E-state index in [2.05, 4.69) is 16.9 Å². The molecule has 1 fully saturated rings. The van der Waals surface area contributed by atoms with Crippen LogP contribution in [0.25, 0.3) is 0 Å². The summed E-state index contributed by atoms with van der Waals surface area (Å²) < 4.78 is 17.0. The van der Waals surface area contributed by atoms with Gasteiger partial charge < -0.3 is 0 Å². The van der Waals surface area contributed by atoms with E-state index in [1.165, 1.54) is 10.5 Å². The Bertz CT molecular complexity index is 718. The topological polar surface area (TPSA) is 42.0 Å². The van der Waals surface area contributed by atoms with Crippen LogP contribution in [-0.4, -0.2) is 27.0 Å². The second kappa shape index (κ2) is 8.16. The molecular weight excluding hydrogens is 454 g/mol. The first-order valence-corrected chi connectivity index (χ1v) is 11.5. The fraction of sp³-hybridized carbons (Fsp3) is 0.474. The number of alkyl halides is 3. The quantitative estimate of drug-likeness (QED) is 0.279. The number of nitrogens with zero attached hydrogens (tertiary/aromatic N) is 1. The normalized spacial score (nSPS) is 20.5. The van der Waals surface area contributed by atoms with Gasteiger partial charge in [-0.15, -0.1) is 0 Å². The number of hydrogen-bond acceptors (Lipinski definition) is 2. The first-order valence-electron chi connectivity index (χ1n) is 8.31. The fourth-order valence-corrected chi connectivity index (χ4v) is 4.52. The summed E-state index contributed by atoms with van der Waals surface area (Å²) in [5.74, 6) is -0.397. The zero-order chi connectivity index (χ0) is 18.8. The molecule has 3 atom stereocenters. The van der Waals surface area contributed by atoms with Crippen LogP contribution in [0.2, 0.25) is 5.15 Å². The van der Waals surface area contributed by atoms with Crippen molar-refractivity contribution < 1.29 is 30.4 Å². The zero-order valence-corrected chi connectivity index (χ0v) is 17.9. The Balaban J connectivity index is 2.29. The Kier molecular flexibility index (Phi) is 6.65. The molecule has 1 saturated heterocycles. The number of nitrogens with one attached hydrogen (secondary N) is 1. The fourth-order valence-electron chi connectivity index (χ4n) is 2.74. The number of halogens is 3. The maximum atomic E-state index is 15.2. The van der Waals surface area contributed by atoms with Crippen LogP contribution in [0.3, 0.4) is 0 Å². The van der Waals surface area contributed by atoms with E-state index in [1.54, 1.807) is 26.8 Å². The van der Waals surface area contributed by atoms with Gasteiger partial charge in [0.15, 0.2) is 0 Å². The summed E-state index contributed by atoms with van der Waals surface area (Å²) in [6, 6.07) is 1.21. The van der Waals surface area contributed by atoms with Crippen molar-refractivity contribution in [3.63, 3.8) is 0 Å². The minimum absolute atomic E-state index is 0.208. The van der Waals surface area contributed by atoms with E-state index in [-0.39, 0.29) is 26.4 Å². The van der Waals surface area contributed by atoms with Gasteiger partial charge in [0, 0.05) is 0 Å². The number of rotatable bonds is 7. The molecule has 1 aliphatic heterocycles. The average Bonchev–Trinajstić information content (AvgIpc) is 3.38. The standard InChI is InChI=1S/C19H24ClFIN2O/c1-6-8-19(21,11(3)4)12(5)23-18(25)16-13(7-2)9-15(14-10-22-14)24-17(16)20/h6,8-9,12,14H,3,7,10H2,1-2,4-5H3,(H,23,25)/q-1/b8-6+. The van der Waals surface area contributed by atoms with Crippen LogP contribution in [-0.2, 0) is 6.42 Å². The zero-order valence-electron chi connectivity index (χ0n) is 15.0. The number of carbonyl (C=O) groups is 1. The second-order valence-electron chi connectivity index (χ2n) is 6.25. The number of pyridine rings is 1. The molecule has 25 heavy (non-hydrogen) atoms. The molecule has 0 spiro atoms. The van der Waals surface area contributed by atoms with Crippen LogP contribution in [0.5, 0.6) is 0 Å². The number of aromatic nitrogens is 1. The van der Waals surface area contributed by atoms with E-state index in [4.69, 9.17) is 11.6 Å². The second-order valence-corrected chi connectivity index (χ2v) is 9.87. The molecular formula is C19H24ClFIN2O-. The van der Waals surface area contributed by atoms with Gasteiger partial charge in [0.1, 0.15) is 0 Å². The van der Waals surface area contributed by atoms with Crippen molar-refractivity contribution in [2.75, 3.05) is 4.43 Å². The predicted molar refractivity (Wildman–Crippen MR) is 96.6 cm³/mol. The summed E-state index contributed by atoms with van der Waals surface area (Å²) >= 11 is 6.52. The molecule has 3 nitrogen and oxygen atoms in total. The molecule has 2 heterocycles. The van der Waals surface area contributed by atoms with Crippen LogP contribution >= 0.6 is 11.6 Å². The van der Waals surface area contributed by atoms with Gasteiger partial charge in [0.2, 0.25) is 0 Å². The van der Waals surface area contributed by atoms with Crippen molar-refractivity contribution in [3.05, 3.63) is 52.3 Å². The molecule has 2 rings (SSSR count). The number of amides is 1. The van der Waals surface area contributed by atoms with Gasteiger partial charge in [0.05, 0.1) is 0 Å². The van der Waals surface area contributed by atoms with Gasteiger partial charge in [-0.1, -0.05) is 0 Å². The molecule has 1 aromatic heterocycles. The van der Waals surface area contributed by atoms with Gasteiger partial charge in [-0.05, 0) is 0 Å². The van der Waals surface area contributed by atoms with Gasteiger partial charge in [-0.2, -0.15) is 0 Å². The van der Waals surface area contributed by atoms with E-state index in [0.717, 1.165) is 11.3 Å². The van der Waals surface area contributed by atoms with E-state index in [1.807, 2.05) is 13.0 Å². The van der Waals surface area contributed by atoms with Crippen molar-refractivity contribution in [1.82, 2.24) is 10.3 Å². The van der Waals surface area contributed by atoms with E-state index in [9.17, 15) is 4.79 Å². The number of aryl methyl sites for hydroxylation is 1. The van der Waals surface area contributed by atoms with Crippen LogP contribution in [0.1, 0.15) is 53.2 Å². The molecule has 1 amide bonds. The molecule has 0 aliphatic carbocycles. The molecule has 1 N–H and O–H groups in total. The first kappa shape index (κ1) is 20.4. The summed E-state index contributed by atoms with van der Waals surface area (Å²) in [6.45, 7) is 10.7. The van der Waals surface area contributed by atoms with Crippen molar-refractivity contribution in [3.8, 4) is 0 Å². The predicted octanol–water partition coefficient (Wildman–Crippen LogP) is 1.42. The maximum absolute atomic E-state index is 15.2. The van der Waals surface area contributed by atoms with Crippen molar-refractivity contribution in [2.45, 2.75) is 49.8 Å². The Morgan fingerprint density at radius 2 is 2.32 bits per heavy atom. The monoisotopic (exact) mass is 477 g/mol. The number of carbonyl (C=O) groups excluding carboxylic acids is 1. The first-order chi connectivity index (χ1) is 11.7. The molecule has 1 aliphatic rings. The summed E-state index contributed by atoms with van der Waals surface area (Å²) in [5, 5.41) is 2.95. The molecule has 1 aromatic rings. The molecule has 0 aromatic carbocycles. The molecule has 6 heteroatoms. The summed E-state index contributed by atoms with van der Waals surface area (Å²) in [6.07, 6.45) is 3.71. The van der Waals surface area contributed by atoms with Gasteiger partial charge >= 0.3 is 165 Å². The van der Waals surface area contributed by atoms with Gasteiger partial charge in [0.25, 0.3) is 0 Å². The van der Waals surface area contributed by atoms with Crippen molar-refractivity contribution in [2.24, 2.45) is 0 Å². The third-order valence-corrected chi connectivity index (χ3v) is 7.03. The average molecular weight is 478 g/mol. The molecule has 138 valence electrons. The van der Waals surface area contributed by atoms with Crippen LogP contribution in [0.15, 0.2) is 30.4 Å². The van der Waals surface area contributed by atoms with E-state index >= 15 is 4.39 Å². The molecule has 3 unspecified atom stereocenters. The van der Waals surface area contributed by atoms with Gasteiger partial charge in [-0.25, -0.2) is 0 Å². The summed E-state index contributed by atoms with van der Waals surface area (Å²) in [5.41, 5.74) is 0.737. The molecule has 0 bridgehead atoms. The third kappa shape index (κ3) is 4.42. The van der Waals surface area contributed by atoms with Crippen LogP contribution < -0.4 is 26.5 Å². The van der Waals surface area contributed by atoms with Crippen molar-refractivity contribution >= 4 is 17.5 Å². The molecule has 0 radical (unpaired) electrons. The SMILES string of the molecule is C=C(C)C(F)(/C=C/C)C(C)NC(=O)c1c(CC)cc(C2C[I-]2)nc1Cl. The van der Waals surface area contributed by atoms with Crippen molar-refractivity contribution in [1.29, 1.82) is 0 Å². The Hall–Kier alpha value is -0.950. The van der Waals surface area contributed by atoms with E-state index in [0.29, 0.717) is 21.5 Å². The number of allylic oxidation sites excluding steroid dienone is 1. The van der Waals surface area contributed by atoms with Crippen LogP contribution in [0.4, 0.5) is 4.39 Å². The molecule has 0 saturated carbocycles. The number of hydrogen-bond donors (Lipinski definition) is 1. The Morgan fingerprint density at radius 3 is 2.80 bits per heavy atom. The third-order valence-electron chi connectivity index (χ3n) is 4.36. The summed E-state index contributed by atoms with van der Waals surface area (Å²) in [4.78, 5) is 17.2.